The number of aromatic nitrogens is 2. The van der Waals surface area contributed by atoms with Gasteiger partial charge >= 0.3 is 11.7 Å². The Hall–Kier alpha value is -4.72. The van der Waals surface area contributed by atoms with Gasteiger partial charge in [0.25, 0.3) is 0 Å². The van der Waals surface area contributed by atoms with Crippen LogP contribution in [-0.4, -0.2) is 28.0 Å². The van der Waals surface area contributed by atoms with Crippen LogP contribution in [0, 0.1) is 28.4 Å². The van der Waals surface area contributed by atoms with Gasteiger partial charge in [-0.05, 0) is 66.1 Å². The number of nitro groups is 1. The molecule has 0 aliphatic carbocycles. The van der Waals surface area contributed by atoms with Crippen LogP contribution in [-0.2, 0) is 4.74 Å². The normalized spacial score (nSPS) is 11.3. The summed E-state index contributed by atoms with van der Waals surface area (Å²) in [7, 11) is 1.28. The second-order valence-corrected chi connectivity index (χ2v) is 9.14. The van der Waals surface area contributed by atoms with Crippen molar-refractivity contribution in [3.63, 3.8) is 0 Å². The number of halogens is 2. The number of anilines is 4. The molecule has 0 saturated carbocycles. The van der Waals surface area contributed by atoms with E-state index in [9.17, 15) is 20.2 Å². The van der Waals surface area contributed by atoms with Crippen LogP contribution in [0.5, 0.6) is 0 Å². The molecule has 0 amide bonds. The first-order valence-electron chi connectivity index (χ1n) is 11.4. The van der Waals surface area contributed by atoms with Crippen LogP contribution in [0.15, 0.2) is 67.0 Å². The molecule has 1 heterocycles. The third-order valence-electron chi connectivity index (χ3n) is 5.81. The highest BCUT2D eigenvalue weighted by Crippen LogP contribution is 2.38. The van der Waals surface area contributed by atoms with Crippen molar-refractivity contribution in [2.24, 2.45) is 0 Å². The number of nitrogens with one attached hydrogen (secondary N) is 2. The van der Waals surface area contributed by atoms with E-state index in [1.165, 1.54) is 25.6 Å². The Labute approximate surface area is 233 Å². The molecule has 4 aromatic rings. The lowest BCUT2D eigenvalue weighted by Gasteiger charge is -2.17. The molecule has 10 nitrogen and oxygen atoms in total. The summed E-state index contributed by atoms with van der Waals surface area (Å²) in [6.45, 7) is 1.79. The van der Waals surface area contributed by atoms with Gasteiger partial charge in [0, 0.05) is 21.4 Å². The first kappa shape index (κ1) is 27.3. The Kier molecular flexibility index (Phi) is 8.24. The van der Waals surface area contributed by atoms with Gasteiger partial charge in [-0.3, -0.25) is 10.1 Å². The predicted octanol–water partition coefficient (Wildman–Crippen LogP) is 6.93. The third-order valence-corrected chi connectivity index (χ3v) is 6.39. The fourth-order valence-corrected chi connectivity index (χ4v) is 4.24. The molecular weight excluding hydrogens is 543 g/mol. The quantitative estimate of drug-likeness (QED) is 0.132. The number of rotatable bonds is 8. The highest BCUT2D eigenvalue weighted by Gasteiger charge is 2.25. The van der Waals surface area contributed by atoms with Crippen LogP contribution in [0.3, 0.4) is 0 Å². The number of ether oxygens (including phenoxy) is 1. The molecule has 0 aliphatic rings. The van der Waals surface area contributed by atoms with Gasteiger partial charge in [-0.25, -0.2) is 14.8 Å². The lowest BCUT2D eigenvalue weighted by molar-refractivity contribution is -0.383. The second kappa shape index (κ2) is 11.8. The van der Waals surface area contributed by atoms with E-state index >= 15 is 0 Å². The van der Waals surface area contributed by atoms with E-state index in [0.29, 0.717) is 38.1 Å². The van der Waals surface area contributed by atoms with E-state index in [1.54, 1.807) is 55.5 Å². The number of methoxy groups -OCH3 is 1. The van der Waals surface area contributed by atoms with Crippen molar-refractivity contribution < 1.29 is 14.5 Å². The van der Waals surface area contributed by atoms with Crippen molar-refractivity contribution in [1.29, 1.82) is 5.26 Å². The summed E-state index contributed by atoms with van der Waals surface area (Å²) in [6, 6.07) is 18.7. The first-order valence-corrected chi connectivity index (χ1v) is 12.1. The fourth-order valence-electron chi connectivity index (χ4n) is 3.85. The Morgan fingerprint density at radius 2 is 1.69 bits per heavy atom. The summed E-state index contributed by atoms with van der Waals surface area (Å²) in [5, 5.41) is 28.6. The number of benzene rings is 3. The number of carbonyl (C=O) groups is 1. The van der Waals surface area contributed by atoms with Gasteiger partial charge in [-0.2, -0.15) is 5.26 Å². The van der Waals surface area contributed by atoms with Gasteiger partial charge in [0.2, 0.25) is 11.6 Å². The maximum atomic E-state index is 12.0. The van der Waals surface area contributed by atoms with Gasteiger partial charge in [-0.15, -0.1) is 0 Å². The number of aryl methyl sites for hydroxylation is 1. The molecule has 12 heteroatoms. The summed E-state index contributed by atoms with van der Waals surface area (Å²) in [6.07, 6.45) is 1.18. The molecule has 4 rings (SSSR count). The minimum atomic E-state index is -0.641. The topological polar surface area (TPSA) is 143 Å². The number of esters is 1. The molecule has 1 aromatic heterocycles. The Bertz CT molecular complexity index is 1590. The van der Waals surface area contributed by atoms with Crippen LogP contribution in [0.4, 0.5) is 28.7 Å². The molecule has 196 valence electrons. The van der Waals surface area contributed by atoms with E-state index in [2.05, 4.69) is 31.4 Å². The largest absolute Gasteiger partial charge is 0.465 e. The zero-order chi connectivity index (χ0) is 28.1. The molecule has 1 unspecified atom stereocenters. The van der Waals surface area contributed by atoms with Crippen molar-refractivity contribution in [3.8, 4) is 6.07 Å². The molecule has 0 fully saturated rings. The first-order chi connectivity index (χ1) is 18.7. The van der Waals surface area contributed by atoms with Crippen LogP contribution >= 0.6 is 23.2 Å². The summed E-state index contributed by atoms with van der Waals surface area (Å²) in [5.74, 6) is -1.27. The van der Waals surface area contributed by atoms with Crippen molar-refractivity contribution in [2.75, 3.05) is 17.7 Å². The van der Waals surface area contributed by atoms with Crippen molar-refractivity contribution in [2.45, 2.75) is 12.8 Å². The molecule has 2 N–H and O–H groups in total. The van der Waals surface area contributed by atoms with Crippen molar-refractivity contribution in [3.05, 3.63) is 109 Å². The average molecular weight is 563 g/mol. The van der Waals surface area contributed by atoms with Crippen molar-refractivity contribution >= 4 is 57.9 Å². The molecule has 0 saturated heterocycles. The lowest BCUT2D eigenvalue weighted by atomic mass is 9.91. The minimum Gasteiger partial charge on any atom is -0.465 e. The van der Waals surface area contributed by atoms with Crippen molar-refractivity contribution in [1.82, 2.24) is 9.97 Å². The van der Waals surface area contributed by atoms with E-state index in [-0.39, 0.29) is 11.6 Å². The Morgan fingerprint density at radius 1 is 1.05 bits per heavy atom. The average Bonchev–Trinajstić information content (AvgIpc) is 2.92. The Balaban J connectivity index is 1.65. The standard InChI is InChI=1S/C27H20Cl2N6O4/c1-15-11-20(21(13-30)16-3-7-18(28)8-4-16)22(29)12-23(15)34-26-24(35(37)38)25(31-14-32-26)33-19-9-5-17(6-10-19)27(36)39-2/h3-12,14,21H,1-2H3,(H2,31,32,33,34). The monoisotopic (exact) mass is 562 g/mol. The molecular formula is C27H20Cl2N6O4. The molecule has 3 aromatic carbocycles. The van der Waals surface area contributed by atoms with Crippen LogP contribution in [0.1, 0.15) is 33.0 Å². The molecule has 0 aliphatic heterocycles. The van der Waals surface area contributed by atoms with Gasteiger partial charge in [0.15, 0.2) is 0 Å². The Morgan fingerprint density at radius 3 is 2.28 bits per heavy atom. The zero-order valence-corrected chi connectivity index (χ0v) is 22.1. The van der Waals surface area contributed by atoms with E-state index in [4.69, 9.17) is 23.2 Å². The fraction of sp³-hybridized carbons (Fsp3) is 0.111. The van der Waals surface area contributed by atoms with Gasteiger partial charge in [-0.1, -0.05) is 41.4 Å². The number of nitriles is 1. The summed E-state index contributed by atoms with van der Waals surface area (Å²) < 4.78 is 4.68. The lowest BCUT2D eigenvalue weighted by Crippen LogP contribution is -2.07. The number of hydrogen-bond acceptors (Lipinski definition) is 9. The molecule has 0 spiro atoms. The van der Waals surface area contributed by atoms with Crippen LogP contribution < -0.4 is 10.6 Å². The van der Waals surface area contributed by atoms with Gasteiger partial charge in [0.05, 0.1) is 29.6 Å². The molecule has 0 bridgehead atoms. The number of carbonyl (C=O) groups excluding carboxylic acids is 1. The molecule has 39 heavy (non-hydrogen) atoms. The van der Waals surface area contributed by atoms with Crippen LogP contribution in [0.2, 0.25) is 10.0 Å². The highest BCUT2D eigenvalue weighted by atomic mass is 35.5. The smallest absolute Gasteiger partial charge is 0.353 e. The predicted molar refractivity (Wildman–Crippen MR) is 148 cm³/mol. The van der Waals surface area contributed by atoms with E-state index in [1.807, 2.05) is 0 Å². The number of nitrogens with zero attached hydrogens (tertiary/aromatic N) is 4. The highest BCUT2D eigenvalue weighted by molar-refractivity contribution is 6.32. The van der Waals surface area contributed by atoms with Gasteiger partial charge < -0.3 is 15.4 Å². The summed E-state index contributed by atoms with van der Waals surface area (Å²) >= 11 is 12.6. The summed E-state index contributed by atoms with van der Waals surface area (Å²) in [4.78, 5) is 31.2. The summed E-state index contributed by atoms with van der Waals surface area (Å²) in [5.41, 5.74) is 2.85. The maximum absolute atomic E-state index is 12.0. The molecule has 1 atom stereocenters. The third kappa shape index (κ3) is 6.06. The van der Waals surface area contributed by atoms with E-state index in [0.717, 1.165) is 5.56 Å². The SMILES string of the molecule is COC(=O)c1ccc(Nc2ncnc(Nc3cc(Cl)c(C(C#N)c4ccc(Cl)cc4)cc3C)c2[N+](=O)[O-])cc1. The van der Waals surface area contributed by atoms with E-state index < -0.39 is 22.5 Å². The minimum absolute atomic E-state index is 0.0593. The zero-order valence-electron chi connectivity index (χ0n) is 20.6. The number of hydrogen-bond donors (Lipinski definition) is 2. The second-order valence-electron chi connectivity index (χ2n) is 8.30. The van der Waals surface area contributed by atoms with Crippen LogP contribution in [0.25, 0.3) is 0 Å². The molecule has 0 radical (unpaired) electrons. The maximum Gasteiger partial charge on any atom is 0.353 e. The van der Waals surface area contributed by atoms with Gasteiger partial charge in [0.1, 0.15) is 6.33 Å².